The highest BCUT2D eigenvalue weighted by molar-refractivity contribution is 5.24. The molecule has 0 aliphatic heterocycles. The first-order chi connectivity index (χ1) is 7.28. The Bertz CT molecular complexity index is 350. The van der Waals surface area contributed by atoms with Crippen molar-refractivity contribution in [2.24, 2.45) is 11.3 Å². The molecule has 0 spiro atoms. The van der Waals surface area contributed by atoms with Crippen molar-refractivity contribution in [1.29, 1.82) is 0 Å². The van der Waals surface area contributed by atoms with Crippen molar-refractivity contribution in [2.75, 3.05) is 0 Å². The van der Waals surface area contributed by atoms with Crippen LogP contribution in [0.3, 0.4) is 0 Å². The van der Waals surface area contributed by atoms with Crippen LogP contribution in [0.5, 0.6) is 0 Å². The number of rotatable bonds is 2. The van der Waals surface area contributed by atoms with Crippen molar-refractivity contribution in [2.45, 2.75) is 46.1 Å². The Hall–Kier alpha value is -1.00. The third-order valence-corrected chi connectivity index (χ3v) is 3.49. The zero-order valence-electron chi connectivity index (χ0n) is 10.7. The lowest BCUT2D eigenvalue weighted by molar-refractivity contribution is 0.172. The Morgan fingerprint density at radius 3 is 2.75 bits per heavy atom. The maximum absolute atomic E-state index is 9.77. The van der Waals surface area contributed by atoms with E-state index in [1.54, 1.807) is 13.0 Å². The normalized spacial score (nSPS) is 28.2. The second-order valence-corrected chi connectivity index (χ2v) is 5.60. The molecular formula is C15H22O. The molecule has 0 fully saturated rings. The molecule has 0 aromatic rings. The Labute approximate surface area is 99.3 Å². The van der Waals surface area contributed by atoms with E-state index < -0.39 is 5.60 Å². The van der Waals surface area contributed by atoms with E-state index in [4.69, 9.17) is 6.42 Å². The van der Waals surface area contributed by atoms with Crippen molar-refractivity contribution in [3.05, 3.63) is 23.8 Å². The van der Waals surface area contributed by atoms with Crippen LogP contribution in [0.4, 0.5) is 0 Å². The van der Waals surface area contributed by atoms with Gasteiger partial charge in [0.2, 0.25) is 0 Å². The molecule has 1 aliphatic carbocycles. The molecule has 16 heavy (non-hydrogen) atoms. The quantitative estimate of drug-likeness (QED) is 0.557. The minimum absolute atomic E-state index is 0.250. The van der Waals surface area contributed by atoms with Gasteiger partial charge in [-0.1, -0.05) is 37.5 Å². The van der Waals surface area contributed by atoms with Gasteiger partial charge in [0.05, 0.1) is 0 Å². The third-order valence-electron chi connectivity index (χ3n) is 3.49. The Morgan fingerprint density at radius 1 is 1.62 bits per heavy atom. The average molecular weight is 218 g/mol. The molecule has 1 nitrogen and oxygen atoms in total. The highest BCUT2D eigenvalue weighted by Crippen LogP contribution is 2.41. The van der Waals surface area contributed by atoms with Crippen molar-refractivity contribution in [3.8, 4) is 12.3 Å². The largest absolute Gasteiger partial charge is 0.374 e. The maximum atomic E-state index is 9.77. The van der Waals surface area contributed by atoms with Crippen molar-refractivity contribution in [1.82, 2.24) is 0 Å². The van der Waals surface area contributed by atoms with Gasteiger partial charge >= 0.3 is 0 Å². The fraction of sp³-hybridized carbons (Fsp3) is 0.600. The molecule has 0 aromatic carbocycles. The van der Waals surface area contributed by atoms with Gasteiger partial charge in [0.1, 0.15) is 5.60 Å². The second kappa shape index (κ2) is 4.47. The summed E-state index contributed by atoms with van der Waals surface area (Å²) in [6.07, 6.45) is 13.7. The molecule has 0 aromatic heterocycles. The van der Waals surface area contributed by atoms with Gasteiger partial charge < -0.3 is 5.11 Å². The topological polar surface area (TPSA) is 20.2 Å². The van der Waals surface area contributed by atoms with Crippen LogP contribution in [0.2, 0.25) is 0 Å². The molecule has 2 atom stereocenters. The van der Waals surface area contributed by atoms with Crippen LogP contribution in [0, 0.1) is 23.7 Å². The van der Waals surface area contributed by atoms with Gasteiger partial charge in [0.25, 0.3) is 0 Å². The van der Waals surface area contributed by atoms with Crippen LogP contribution < -0.4 is 0 Å². The molecule has 0 saturated heterocycles. The molecule has 0 saturated carbocycles. The van der Waals surface area contributed by atoms with Gasteiger partial charge in [0.15, 0.2) is 0 Å². The summed E-state index contributed by atoms with van der Waals surface area (Å²) in [4.78, 5) is 0. The number of hydrogen-bond acceptors (Lipinski definition) is 1. The molecule has 88 valence electrons. The fourth-order valence-electron chi connectivity index (χ4n) is 2.31. The summed E-state index contributed by atoms with van der Waals surface area (Å²) in [6, 6.07) is 0. The predicted octanol–water partition coefficient (Wildman–Crippen LogP) is 3.31. The summed E-state index contributed by atoms with van der Waals surface area (Å²) in [5.74, 6) is 2.75. The Kier molecular flexibility index (Phi) is 3.65. The molecule has 0 amide bonds. The molecule has 0 bridgehead atoms. The summed E-state index contributed by atoms with van der Waals surface area (Å²) < 4.78 is 0. The van der Waals surface area contributed by atoms with Gasteiger partial charge in [-0.3, -0.25) is 0 Å². The minimum Gasteiger partial charge on any atom is -0.374 e. The predicted molar refractivity (Wildman–Crippen MR) is 68.9 cm³/mol. The highest BCUT2D eigenvalue weighted by atomic mass is 16.3. The first-order valence-corrected chi connectivity index (χ1v) is 5.85. The number of allylic oxidation sites excluding steroid dienone is 3. The van der Waals surface area contributed by atoms with E-state index in [0.717, 1.165) is 6.42 Å². The van der Waals surface area contributed by atoms with Gasteiger partial charge in [-0.2, -0.15) is 0 Å². The molecule has 2 unspecified atom stereocenters. The van der Waals surface area contributed by atoms with Crippen molar-refractivity contribution < 1.29 is 5.11 Å². The third kappa shape index (κ3) is 3.00. The van der Waals surface area contributed by atoms with E-state index >= 15 is 0 Å². The van der Waals surface area contributed by atoms with Gasteiger partial charge in [0, 0.05) is 5.92 Å². The SMILES string of the molecule is C#CC(C)(O)/C=C/C1C(C)=CCCC1(C)C. The van der Waals surface area contributed by atoms with Crippen LogP contribution in [0.25, 0.3) is 0 Å². The van der Waals surface area contributed by atoms with E-state index in [-0.39, 0.29) is 5.41 Å². The maximum Gasteiger partial charge on any atom is 0.141 e. The number of terminal acetylenes is 1. The number of hydrogen-bond donors (Lipinski definition) is 1. The van der Waals surface area contributed by atoms with Crippen LogP contribution in [0.15, 0.2) is 23.8 Å². The van der Waals surface area contributed by atoms with Crippen molar-refractivity contribution in [3.63, 3.8) is 0 Å². The first-order valence-electron chi connectivity index (χ1n) is 5.85. The van der Waals surface area contributed by atoms with Crippen LogP contribution in [0.1, 0.15) is 40.5 Å². The lowest BCUT2D eigenvalue weighted by atomic mass is 9.68. The molecule has 0 radical (unpaired) electrons. The standard InChI is InChI=1S/C15H22O/c1-6-15(5,16)11-9-13-12(2)8-7-10-14(13,3)4/h1,8-9,11,13,16H,7,10H2,2-5H3/b11-9+. The van der Waals surface area contributed by atoms with E-state index in [0.29, 0.717) is 5.92 Å². The number of aliphatic hydroxyl groups is 1. The van der Waals surface area contributed by atoms with Crippen molar-refractivity contribution >= 4 is 0 Å². The fourth-order valence-corrected chi connectivity index (χ4v) is 2.31. The Morgan fingerprint density at radius 2 is 2.25 bits per heavy atom. The van der Waals surface area contributed by atoms with Crippen LogP contribution >= 0.6 is 0 Å². The van der Waals surface area contributed by atoms with Gasteiger partial charge in [-0.15, -0.1) is 6.42 Å². The van der Waals surface area contributed by atoms with E-state index in [2.05, 4.69) is 38.8 Å². The van der Waals surface area contributed by atoms with Gasteiger partial charge in [-0.05, 0) is 38.2 Å². The second-order valence-electron chi connectivity index (χ2n) is 5.60. The van der Waals surface area contributed by atoms with Gasteiger partial charge in [-0.25, -0.2) is 0 Å². The summed E-state index contributed by atoms with van der Waals surface area (Å²) in [6.45, 7) is 8.32. The zero-order chi connectivity index (χ0) is 12.4. The first kappa shape index (κ1) is 13.1. The summed E-state index contributed by atoms with van der Waals surface area (Å²) in [7, 11) is 0. The zero-order valence-corrected chi connectivity index (χ0v) is 10.7. The summed E-state index contributed by atoms with van der Waals surface area (Å²) >= 11 is 0. The monoisotopic (exact) mass is 218 g/mol. The van der Waals surface area contributed by atoms with E-state index in [1.165, 1.54) is 12.0 Å². The molecule has 0 heterocycles. The summed E-state index contributed by atoms with van der Waals surface area (Å²) in [5.41, 5.74) is 0.494. The minimum atomic E-state index is -1.13. The molecule has 1 aliphatic rings. The lowest BCUT2D eigenvalue weighted by Crippen LogP contribution is -2.27. The smallest absolute Gasteiger partial charge is 0.141 e. The molecular weight excluding hydrogens is 196 g/mol. The molecule has 1 heteroatoms. The highest BCUT2D eigenvalue weighted by Gasteiger charge is 2.31. The molecule has 1 N–H and O–H groups in total. The summed E-state index contributed by atoms with van der Waals surface area (Å²) in [5, 5.41) is 9.77. The van der Waals surface area contributed by atoms with Crippen LogP contribution in [-0.2, 0) is 0 Å². The molecule has 1 rings (SSSR count). The van der Waals surface area contributed by atoms with E-state index in [9.17, 15) is 5.11 Å². The average Bonchev–Trinajstić information content (AvgIpc) is 2.16. The lowest BCUT2D eigenvalue weighted by Gasteiger charge is -2.37. The van der Waals surface area contributed by atoms with Crippen LogP contribution in [-0.4, -0.2) is 10.7 Å². The van der Waals surface area contributed by atoms with E-state index in [1.807, 2.05) is 0 Å². The Balaban J connectivity index is 2.91.